The van der Waals surface area contributed by atoms with E-state index in [-0.39, 0.29) is 23.6 Å². The van der Waals surface area contributed by atoms with E-state index in [1.807, 2.05) is 19.9 Å². The minimum Gasteiger partial charge on any atom is -0.478 e. The van der Waals surface area contributed by atoms with E-state index in [1.54, 1.807) is 11.0 Å². The van der Waals surface area contributed by atoms with Gasteiger partial charge in [-0.05, 0) is 38.0 Å². The molecule has 0 bridgehead atoms. The molecule has 2 heterocycles. The van der Waals surface area contributed by atoms with Gasteiger partial charge in [0.05, 0.1) is 4.90 Å². The maximum atomic E-state index is 14.4. The predicted molar refractivity (Wildman–Crippen MR) is 118 cm³/mol. The van der Waals surface area contributed by atoms with Gasteiger partial charge < -0.3 is 9.52 Å². The Labute approximate surface area is 187 Å². The first kappa shape index (κ1) is 23.3. The van der Waals surface area contributed by atoms with Crippen molar-refractivity contribution in [2.45, 2.75) is 36.5 Å². The van der Waals surface area contributed by atoms with E-state index in [4.69, 9.17) is 4.42 Å². The van der Waals surface area contributed by atoms with Gasteiger partial charge in [-0.25, -0.2) is 9.18 Å². The lowest BCUT2D eigenvalue weighted by atomic mass is 9.95. The Morgan fingerprint density at radius 3 is 2.68 bits per heavy atom. The zero-order valence-electron chi connectivity index (χ0n) is 17.0. The third-order valence-corrected chi connectivity index (χ3v) is 7.96. The van der Waals surface area contributed by atoms with Crippen LogP contribution >= 0.6 is 21.6 Å². The number of aldehydes is 1. The van der Waals surface area contributed by atoms with Crippen LogP contribution in [0.25, 0.3) is 0 Å². The van der Waals surface area contributed by atoms with Crippen molar-refractivity contribution in [3.05, 3.63) is 64.9 Å². The van der Waals surface area contributed by atoms with E-state index in [1.165, 1.54) is 39.8 Å². The van der Waals surface area contributed by atoms with Crippen molar-refractivity contribution >= 4 is 39.6 Å². The maximum absolute atomic E-state index is 14.4. The largest absolute Gasteiger partial charge is 0.478 e. The summed E-state index contributed by atoms with van der Waals surface area (Å²) in [6.07, 6.45) is 1.88. The summed E-state index contributed by atoms with van der Waals surface area (Å²) in [5, 5.41) is 9.24. The Bertz CT molecular complexity index is 1020. The molecular formula is C22H22FNO5S2. The monoisotopic (exact) mass is 463 g/mol. The van der Waals surface area contributed by atoms with Gasteiger partial charge in [0.15, 0.2) is 6.29 Å². The SMILES string of the molecule is Cc1cc(SSC2CCN(C(C(=O)C=O)c3ccccc3F)CC2=CC(=O)O)c(C)o1. The Morgan fingerprint density at radius 2 is 2.06 bits per heavy atom. The smallest absolute Gasteiger partial charge is 0.328 e. The van der Waals surface area contributed by atoms with E-state index in [0.29, 0.717) is 18.5 Å². The third-order valence-electron chi connectivity index (χ3n) is 4.99. The van der Waals surface area contributed by atoms with Gasteiger partial charge in [-0.3, -0.25) is 14.5 Å². The molecule has 6 nitrogen and oxygen atoms in total. The molecule has 0 amide bonds. The van der Waals surface area contributed by atoms with Crippen LogP contribution in [0.3, 0.4) is 0 Å². The molecule has 0 aliphatic carbocycles. The highest BCUT2D eigenvalue weighted by Gasteiger charge is 2.35. The number of aryl methyl sites for hydroxylation is 2. The van der Waals surface area contributed by atoms with Gasteiger partial charge in [-0.2, -0.15) is 0 Å². The average molecular weight is 464 g/mol. The number of aliphatic carboxylic acids is 1. The molecule has 1 aliphatic heterocycles. The molecule has 1 N–H and O–H groups in total. The number of Topliss-reactive ketones (excluding diaryl/α,β-unsaturated/α-hetero) is 1. The van der Waals surface area contributed by atoms with Crippen molar-refractivity contribution in [1.29, 1.82) is 0 Å². The van der Waals surface area contributed by atoms with E-state index in [2.05, 4.69) is 0 Å². The molecule has 1 saturated heterocycles. The van der Waals surface area contributed by atoms with Crippen LogP contribution in [-0.2, 0) is 14.4 Å². The van der Waals surface area contributed by atoms with Gasteiger partial charge in [0.25, 0.3) is 0 Å². The standard InChI is InChI=1S/C22H22FNO5S2/c1-13-9-20(14(2)29-13)31-30-19-7-8-24(11-15(19)10-21(27)28)22(18(26)12-25)16-5-3-4-6-17(16)23/h3-6,9-10,12,19,22H,7-8,11H2,1-2H3,(H,27,28). The Hall–Kier alpha value is -2.36. The fraction of sp³-hybridized carbons (Fsp3) is 0.318. The molecule has 0 saturated carbocycles. The number of hydrogen-bond acceptors (Lipinski definition) is 7. The molecule has 2 atom stereocenters. The number of furan rings is 1. The molecule has 31 heavy (non-hydrogen) atoms. The lowest BCUT2D eigenvalue weighted by Crippen LogP contribution is -2.43. The van der Waals surface area contributed by atoms with Crippen LogP contribution in [-0.4, -0.2) is 46.4 Å². The van der Waals surface area contributed by atoms with Crippen LogP contribution in [0.15, 0.2) is 51.3 Å². The molecule has 1 aliphatic rings. The van der Waals surface area contributed by atoms with Crippen molar-refractivity contribution in [3.63, 3.8) is 0 Å². The summed E-state index contributed by atoms with van der Waals surface area (Å²) in [6, 6.07) is 6.67. The number of ketones is 1. The van der Waals surface area contributed by atoms with Crippen LogP contribution in [0.1, 0.15) is 29.5 Å². The number of nitrogens with zero attached hydrogens (tertiary/aromatic N) is 1. The van der Waals surface area contributed by atoms with Crippen molar-refractivity contribution in [3.8, 4) is 0 Å². The third kappa shape index (κ3) is 5.66. The second kappa shape index (κ2) is 10.3. The molecular weight excluding hydrogens is 441 g/mol. The van der Waals surface area contributed by atoms with Gasteiger partial charge >= 0.3 is 5.97 Å². The van der Waals surface area contributed by atoms with Crippen molar-refractivity contribution in [2.75, 3.05) is 13.1 Å². The number of carboxylic acid groups (broad SMARTS) is 1. The molecule has 1 aromatic heterocycles. The van der Waals surface area contributed by atoms with Crippen molar-refractivity contribution in [1.82, 2.24) is 4.90 Å². The zero-order chi connectivity index (χ0) is 22.5. The van der Waals surface area contributed by atoms with Crippen LogP contribution in [0.4, 0.5) is 4.39 Å². The normalized spacial score (nSPS) is 19.3. The highest BCUT2D eigenvalue weighted by atomic mass is 33.1. The number of carbonyl (C=O) groups excluding carboxylic acids is 2. The van der Waals surface area contributed by atoms with Crippen molar-refractivity contribution in [2.24, 2.45) is 0 Å². The Kier molecular flexibility index (Phi) is 7.74. The second-order valence-electron chi connectivity index (χ2n) is 7.21. The van der Waals surface area contributed by atoms with Crippen LogP contribution in [0.5, 0.6) is 0 Å². The first-order valence-electron chi connectivity index (χ1n) is 9.61. The number of likely N-dealkylation sites (tertiary alicyclic amines) is 1. The lowest BCUT2D eigenvalue weighted by Gasteiger charge is -2.37. The summed E-state index contributed by atoms with van der Waals surface area (Å²) in [6.45, 7) is 4.29. The summed E-state index contributed by atoms with van der Waals surface area (Å²) in [5.74, 6) is -0.828. The number of hydrogen-bond donors (Lipinski definition) is 1. The van der Waals surface area contributed by atoms with Crippen LogP contribution < -0.4 is 0 Å². The molecule has 9 heteroatoms. The lowest BCUT2D eigenvalue weighted by molar-refractivity contribution is -0.133. The van der Waals surface area contributed by atoms with E-state index in [9.17, 15) is 23.9 Å². The first-order chi connectivity index (χ1) is 14.8. The van der Waals surface area contributed by atoms with E-state index >= 15 is 0 Å². The van der Waals surface area contributed by atoms with Gasteiger partial charge in [-0.15, -0.1) is 0 Å². The first-order valence-corrected chi connectivity index (χ1v) is 11.8. The molecule has 2 unspecified atom stereocenters. The summed E-state index contributed by atoms with van der Waals surface area (Å²) >= 11 is 0. The number of carbonyl (C=O) groups is 3. The van der Waals surface area contributed by atoms with Gasteiger partial charge in [0, 0.05) is 30.0 Å². The second-order valence-corrected chi connectivity index (χ2v) is 9.65. The van der Waals surface area contributed by atoms with Crippen molar-refractivity contribution < 1.29 is 28.3 Å². The minimum absolute atomic E-state index is 0.110. The summed E-state index contributed by atoms with van der Waals surface area (Å²) in [5.41, 5.74) is 0.716. The predicted octanol–water partition coefficient (Wildman–Crippen LogP) is 4.37. The highest BCUT2D eigenvalue weighted by molar-refractivity contribution is 8.77. The number of carboxylic acids is 1. The quantitative estimate of drug-likeness (QED) is 0.267. The molecule has 0 spiro atoms. The number of benzene rings is 1. The fourth-order valence-electron chi connectivity index (χ4n) is 3.60. The Balaban J connectivity index is 1.83. The fourth-order valence-corrected chi connectivity index (χ4v) is 6.48. The molecule has 164 valence electrons. The zero-order valence-corrected chi connectivity index (χ0v) is 18.7. The number of piperidine rings is 1. The van der Waals surface area contributed by atoms with Crippen LogP contribution in [0.2, 0.25) is 0 Å². The molecule has 3 rings (SSSR count). The van der Waals surface area contributed by atoms with E-state index < -0.39 is 23.6 Å². The van der Waals surface area contributed by atoms with E-state index in [0.717, 1.165) is 22.5 Å². The van der Waals surface area contributed by atoms with Crippen LogP contribution in [0, 0.1) is 19.7 Å². The number of rotatable bonds is 8. The highest BCUT2D eigenvalue weighted by Crippen LogP contribution is 2.43. The van der Waals surface area contributed by atoms with Gasteiger partial charge in [-0.1, -0.05) is 39.8 Å². The maximum Gasteiger partial charge on any atom is 0.328 e. The van der Waals surface area contributed by atoms with Gasteiger partial charge in [0.1, 0.15) is 23.4 Å². The molecule has 1 aromatic carbocycles. The average Bonchev–Trinajstić information content (AvgIpc) is 3.05. The summed E-state index contributed by atoms with van der Waals surface area (Å²) in [7, 11) is 3.04. The molecule has 0 radical (unpaired) electrons. The number of halogens is 1. The summed E-state index contributed by atoms with van der Waals surface area (Å²) in [4.78, 5) is 37.7. The Morgan fingerprint density at radius 1 is 1.32 bits per heavy atom. The molecule has 1 fully saturated rings. The minimum atomic E-state index is -1.09. The molecule has 2 aromatic rings. The van der Waals surface area contributed by atoms with Gasteiger partial charge in [0.2, 0.25) is 5.78 Å². The topological polar surface area (TPSA) is 87.8 Å². The summed E-state index contributed by atoms with van der Waals surface area (Å²) < 4.78 is 19.9.